The minimum Gasteiger partial charge on any atom is -0.266 e. The van der Waals surface area contributed by atoms with E-state index in [0.717, 1.165) is 11.3 Å². The predicted octanol–water partition coefficient (Wildman–Crippen LogP) is 2.30. The molecule has 0 aliphatic carbocycles. The number of halogens is 2. The maximum Gasteiger partial charge on any atom is 0.287 e. The van der Waals surface area contributed by atoms with Crippen molar-refractivity contribution < 1.29 is 0 Å². The number of aryl methyl sites for hydroxylation is 1. The first-order valence-corrected chi connectivity index (χ1v) is 5.67. The van der Waals surface area contributed by atoms with Crippen molar-refractivity contribution in [1.29, 1.82) is 0 Å². The Morgan fingerprint density at radius 3 is 2.88 bits per heavy atom. The molecule has 88 valence electrons. The number of rotatable bonds is 2. The van der Waals surface area contributed by atoms with E-state index in [-0.39, 0.29) is 16.6 Å². The summed E-state index contributed by atoms with van der Waals surface area (Å²) in [6, 6.07) is 3.76. The van der Waals surface area contributed by atoms with Crippen LogP contribution in [0.4, 0.5) is 0 Å². The largest absolute Gasteiger partial charge is 0.287 e. The van der Waals surface area contributed by atoms with E-state index in [2.05, 4.69) is 10.1 Å². The van der Waals surface area contributed by atoms with Crippen molar-refractivity contribution in [2.45, 2.75) is 13.5 Å². The van der Waals surface area contributed by atoms with Crippen molar-refractivity contribution >= 4 is 23.2 Å². The molecule has 0 aromatic carbocycles. The van der Waals surface area contributed by atoms with Crippen molar-refractivity contribution in [2.24, 2.45) is 0 Å². The fourth-order valence-corrected chi connectivity index (χ4v) is 1.65. The van der Waals surface area contributed by atoms with Gasteiger partial charge in [-0.05, 0) is 18.6 Å². The van der Waals surface area contributed by atoms with Gasteiger partial charge in [0.05, 0.1) is 23.5 Å². The number of nitrogens with zero attached hydrogens (tertiary/aromatic N) is 3. The predicted molar refractivity (Wildman–Crippen MR) is 66.6 cm³/mol. The van der Waals surface area contributed by atoms with Gasteiger partial charge in [-0.15, -0.1) is 0 Å². The van der Waals surface area contributed by atoms with Crippen molar-refractivity contribution in [3.63, 3.8) is 0 Å². The minimum absolute atomic E-state index is 0.0183. The molecule has 0 atom stereocenters. The van der Waals surface area contributed by atoms with E-state index in [9.17, 15) is 4.79 Å². The lowest BCUT2D eigenvalue weighted by Crippen LogP contribution is -2.24. The van der Waals surface area contributed by atoms with Crippen LogP contribution in [0.2, 0.25) is 10.0 Å². The quantitative estimate of drug-likeness (QED) is 0.841. The van der Waals surface area contributed by atoms with Gasteiger partial charge in [-0.25, -0.2) is 4.68 Å². The molecule has 0 fully saturated rings. The molecule has 2 aromatic rings. The summed E-state index contributed by atoms with van der Waals surface area (Å²) in [5, 5.41) is 4.06. The number of aromatic nitrogens is 3. The second kappa shape index (κ2) is 4.85. The zero-order valence-corrected chi connectivity index (χ0v) is 10.5. The summed E-state index contributed by atoms with van der Waals surface area (Å²) in [4.78, 5) is 16.0. The fourth-order valence-electron chi connectivity index (χ4n) is 1.38. The third-order valence-corrected chi connectivity index (χ3v) is 3.11. The molecule has 0 unspecified atom stereocenters. The zero-order valence-electron chi connectivity index (χ0n) is 9.02. The molecule has 0 aliphatic rings. The molecule has 0 N–H and O–H groups in total. The summed E-state index contributed by atoms with van der Waals surface area (Å²) < 4.78 is 1.24. The highest BCUT2D eigenvalue weighted by Crippen LogP contribution is 2.15. The Morgan fingerprint density at radius 2 is 2.18 bits per heavy atom. The average molecular weight is 270 g/mol. The summed E-state index contributed by atoms with van der Waals surface area (Å²) in [7, 11) is 0. The molecule has 2 rings (SSSR count). The minimum atomic E-state index is -0.413. The van der Waals surface area contributed by atoms with Gasteiger partial charge in [0.1, 0.15) is 5.02 Å². The number of pyridine rings is 1. The van der Waals surface area contributed by atoms with Crippen LogP contribution in [0.15, 0.2) is 29.3 Å². The molecule has 0 spiro atoms. The van der Waals surface area contributed by atoms with Crippen LogP contribution < -0.4 is 5.56 Å². The van der Waals surface area contributed by atoms with E-state index in [0.29, 0.717) is 0 Å². The van der Waals surface area contributed by atoms with Gasteiger partial charge >= 0.3 is 0 Å². The van der Waals surface area contributed by atoms with Gasteiger partial charge < -0.3 is 0 Å². The van der Waals surface area contributed by atoms with Gasteiger partial charge in [-0.1, -0.05) is 29.3 Å². The number of hydrogen-bond donors (Lipinski definition) is 0. The standard InChI is InChI=1S/C11H9Cl2N3O/c1-7-3-2-4-14-9(7)6-16-11(17)10(13)8(12)5-15-16/h2-5H,6H2,1H3. The van der Waals surface area contributed by atoms with E-state index < -0.39 is 5.56 Å². The molecular weight excluding hydrogens is 261 g/mol. The van der Waals surface area contributed by atoms with E-state index in [1.807, 2.05) is 19.1 Å². The summed E-state index contributed by atoms with van der Waals surface area (Å²) in [5.74, 6) is 0. The third-order valence-electron chi connectivity index (χ3n) is 2.36. The Balaban J connectivity index is 2.41. The molecule has 17 heavy (non-hydrogen) atoms. The van der Waals surface area contributed by atoms with Gasteiger partial charge in [0, 0.05) is 6.20 Å². The fraction of sp³-hybridized carbons (Fsp3) is 0.182. The molecule has 6 heteroatoms. The van der Waals surface area contributed by atoms with Crippen LogP contribution in [0.25, 0.3) is 0 Å². The molecular formula is C11H9Cl2N3O. The molecule has 0 saturated heterocycles. The normalized spacial score (nSPS) is 10.5. The molecule has 0 amide bonds. The smallest absolute Gasteiger partial charge is 0.266 e. The third kappa shape index (κ3) is 2.48. The topological polar surface area (TPSA) is 47.8 Å². The van der Waals surface area contributed by atoms with E-state index in [1.54, 1.807) is 6.20 Å². The highest BCUT2D eigenvalue weighted by molar-refractivity contribution is 6.41. The van der Waals surface area contributed by atoms with E-state index in [1.165, 1.54) is 10.9 Å². The molecule has 2 aromatic heterocycles. The van der Waals surface area contributed by atoms with Gasteiger partial charge in [0.2, 0.25) is 0 Å². The Bertz CT molecular complexity index is 610. The maximum atomic E-state index is 11.8. The van der Waals surface area contributed by atoms with E-state index >= 15 is 0 Å². The second-order valence-electron chi connectivity index (χ2n) is 3.54. The summed E-state index contributed by atoms with van der Waals surface area (Å²) in [6.45, 7) is 2.20. The molecule has 2 heterocycles. The molecule has 4 nitrogen and oxygen atoms in total. The Morgan fingerprint density at radius 1 is 1.41 bits per heavy atom. The number of hydrogen-bond acceptors (Lipinski definition) is 3. The lowest BCUT2D eigenvalue weighted by atomic mass is 10.2. The van der Waals surface area contributed by atoms with Crippen molar-refractivity contribution in [3.05, 3.63) is 56.2 Å². The van der Waals surface area contributed by atoms with Crippen LogP contribution in [0.5, 0.6) is 0 Å². The highest BCUT2D eigenvalue weighted by atomic mass is 35.5. The molecule has 0 aliphatic heterocycles. The monoisotopic (exact) mass is 269 g/mol. The first-order chi connectivity index (χ1) is 8.09. The van der Waals surface area contributed by atoms with Crippen LogP contribution in [-0.4, -0.2) is 14.8 Å². The maximum absolute atomic E-state index is 11.8. The van der Waals surface area contributed by atoms with Gasteiger partial charge in [-0.3, -0.25) is 9.78 Å². The molecule has 0 radical (unpaired) electrons. The Labute approximate surface area is 108 Å². The average Bonchev–Trinajstić information content (AvgIpc) is 2.32. The van der Waals surface area contributed by atoms with Crippen molar-refractivity contribution in [3.8, 4) is 0 Å². The molecule has 0 saturated carbocycles. The Kier molecular flexibility index (Phi) is 3.45. The zero-order chi connectivity index (χ0) is 12.4. The Hall–Kier alpha value is -1.39. The van der Waals surface area contributed by atoms with Crippen LogP contribution >= 0.6 is 23.2 Å². The van der Waals surface area contributed by atoms with Gasteiger partial charge in [0.15, 0.2) is 0 Å². The van der Waals surface area contributed by atoms with Crippen molar-refractivity contribution in [1.82, 2.24) is 14.8 Å². The van der Waals surface area contributed by atoms with Crippen LogP contribution in [-0.2, 0) is 6.54 Å². The SMILES string of the molecule is Cc1cccnc1Cn1ncc(Cl)c(Cl)c1=O. The van der Waals surface area contributed by atoms with Crippen LogP contribution in [0.3, 0.4) is 0 Å². The lowest BCUT2D eigenvalue weighted by molar-refractivity contribution is 0.625. The first kappa shape index (κ1) is 12.1. The van der Waals surface area contributed by atoms with Crippen LogP contribution in [0, 0.1) is 6.92 Å². The van der Waals surface area contributed by atoms with Gasteiger partial charge in [0.25, 0.3) is 5.56 Å². The highest BCUT2D eigenvalue weighted by Gasteiger charge is 2.09. The van der Waals surface area contributed by atoms with Gasteiger partial charge in [-0.2, -0.15) is 5.10 Å². The van der Waals surface area contributed by atoms with E-state index in [4.69, 9.17) is 23.2 Å². The van der Waals surface area contributed by atoms with Crippen LogP contribution in [0.1, 0.15) is 11.3 Å². The summed E-state index contributed by atoms with van der Waals surface area (Å²) in [5.41, 5.74) is 1.36. The molecule has 0 bridgehead atoms. The summed E-state index contributed by atoms with van der Waals surface area (Å²) >= 11 is 11.5. The summed E-state index contributed by atoms with van der Waals surface area (Å²) in [6.07, 6.45) is 3.02. The first-order valence-electron chi connectivity index (χ1n) is 4.91. The second-order valence-corrected chi connectivity index (χ2v) is 4.32. The van der Waals surface area contributed by atoms with Crippen molar-refractivity contribution in [2.75, 3.05) is 0 Å². The lowest BCUT2D eigenvalue weighted by Gasteiger charge is -2.06.